The second-order valence-electron chi connectivity index (χ2n) is 3.19. The number of hydrogen-bond donors (Lipinski definition) is 0. The van der Waals surface area contributed by atoms with E-state index in [1.165, 1.54) is 11.3 Å². The molecular formula is C11H17ClOS. The van der Waals surface area contributed by atoms with Crippen LogP contribution in [0.4, 0.5) is 0 Å². The Morgan fingerprint density at radius 2 is 2.14 bits per heavy atom. The Morgan fingerprint density at radius 1 is 1.21 bits per heavy atom. The molecule has 1 aromatic heterocycles. The molecule has 0 atom stereocenters. The fraction of sp³-hybridized carbons (Fsp3) is 0.636. The summed E-state index contributed by atoms with van der Waals surface area (Å²) in [6.07, 6.45) is 4.47. The van der Waals surface area contributed by atoms with Crippen molar-refractivity contribution in [2.24, 2.45) is 0 Å². The van der Waals surface area contributed by atoms with Crippen molar-refractivity contribution in [1.82, 2.24) is 0 Å². The van der Waals surface area contributed by atoms with Gasteiger partial charge in [0.2, 0.25) is 0 Å². The van der Waals surface area contributed by atoms with E-state index in [4.69, 9.17) is 16.3 Å². The summed E-state index contributed by atoms with van der Waals surface area (Å²) >= 11 is 7.37. The van der Waals surface area contributed by atoms with Crippen molar-refractivity contribution in [3.8, 4) is 0 Å². The molecule has 0 bridgehead atoms. The van der Waals surface area contributed by atoms with Gasteiger partial charge in [-0.25, -0.2) is 0 Å². The lowest BCUT2D eigenvalue weighted by Crippen LogP contribution is -1.99. The van der Waals surface area contributed by atoms with Gasteiger partial charge < -0.3 is 4.74 Å². The quantitative estimate of drug-likeness (QED) is 0.491. The monoisotopic (exact) mass is 232 g/mol. The number of ether oxygens (including phenoxy) is 1. The van der Waals surface area contributed by atoms with Crippen LogP contribution < -0.4 is 0 Å². The molecule has 1 nitrogen and oxygen atoms in total. The zero-order valence-corrected chi connectivity index (χ0v) is 9.95. The summed E-state index contributed by atoms with van der Waals surface area (Å²) in [6.45, 7) is 1.73. The van der Waals surface area contributed by atoms with Crippen molar-refractivity contribution in [3.05, 3.63) is 22.4 Å². The lowest BCUT2D eigenvalue weighted by molar-refractivity contribution is 0.133. The number of hydrogen-bond acceptors (Lipinski definition) is 2. The van der Waals surface area contributed by atoms with Crippen LogP contribution in [-0.2, 0) is 11.2 Å². The molecule has 3 heteroatoms. The highest BCUT2D eigenvalue weighted by Gasteiger charge is 1.93. The molecule has 14 heavy (non-hydrogen) atoms. The molecule has 0 spiro atoms. The summed E-state index contributed by atoms with van der Waals surface area (Å²) in [4.78, 5) is 1.41. The van der Waals surface area contributed by atoms with E-state index in [2.05, 4.69) is 17.5 Å². The third-order valence-corrected chi connectivity index (χ3v) is 3.20. The van der Waals surface area contributed by atoms with Crippen LogP contribution >= 0.6 is 22.9 Å². The van der Waals surface area contributed by atoms with E-state index >= 15 is 0 Å². The largest absolute Gasteiger partial charge is 0.381 e. The molecule has 0 aliphatic rings. The minimum absolute atomic E-state index is 0.773. The molecular weight excluding hydrogens is 216 g/mol. The molecule has 1 rings (SSSR count). The van der Waals surface area contributed by atoms with E-state index in [1.54, 1.807) is 11.3 Å². The van der Waals surface area contributed by atoms with Gasteiger partial charge in [0.05, 0.1) is 6.61 Å². The average Bonchev–Trinajstić information content (AvgIpc) is 2.69. The van der Waals surface area contributed by atoms with Gasteiger partial charge in [0.25, 0.3) is 0 Å². The fourth-order valence-corrected chi connectivity index (χ4v) is 2.08. The third-order valence-electron chi connectivity index (χ3n) is 2.00. The molecule has 0 radical (unpaired) electrons. The van der Waals surface area contributed by atoms with E-state index in [0.29, 0.717) is 0 Å². The van der Waals surface area contributed by atoms with Crippen molar-refractivity contribution in [2.75, 3.05) is 19.1 Å². The molecule has 0 unspecified atom stereocenters. The van der Waals surface area contributed by atoms with Gasteiger partial charge in [-0.15, -0.1) is 22.9 Å². The van der Waals surface area contributed by atoms with Crippen molar-refractivity contribution >= 4 is 22.9 Å². The Hall–Kier alpha value is -0.0500. The first kappa shape index (κ1) is 12.0. The summed E-state index contributed by atoms with van der Waals surface area (Å²) < 4.78 is 5.52. The topological polar surface area (TPSA) is 9.23 Å². The highest BCUT2D eigenvalue weighted by molar-refractivity contribution is 7.09. The Balaban J connectivity index is 1.85. The van der Waals surface area contributed by atoms with Crippen LogP contribution in [0.15, 0.2) is 17.5 Å². The van der Waals surface area contributed by atoms with Crippen LogP contribution in [-0.4, -0.2) is 19.1 Å². The molecule has 0 amide bonds. The third kappa shape index (κ3) is 5.63. The molecule has 0 fully saturated rings. The van der Waals surface area contributed by atoms with E-state index in [-0.39, 0.29) is 0 Å². The minimum atomic E-state index is 0.773. The summed E-state index contributed by atoms with van der Waals surface area (Å²) in [5, 5.41) is 2.11. The molecule has 0 saturated heterocycles. The van der Waals surface area contributed by atoms with Crippen LogP contribution in [0.5, 0.6) is 0 Å². The molecule has 0 aliphatic carbocycles. The fourth-order valence-electron chi connectivity index (χ4n) is 1.21. The second-order valence-corrected chi connectivity index (χ2v) is 4.60. The molecule has 1 aromatic rings. The second kappa shape index (κ2) is 8.27. The summed E-state index contributed by atoms with van der Waals surface area (Å²) in [6, 6.07) is 4.24. The maximum atomic E-state index is 5.57. The molecule has 0 aromatic carbocycles. The van der Waals surface area contributed by atoms with Crippen LogP contribution in [0.3, 0.4) is 0 Å². The van der Waals surface area contributed by atoms with E-state index in [1.807, 2.05) is 0 Å². The molecule has 0 saturated carbocycles. The van der Waals surface area contributed by atoms with Gasteiger partial charge >= 0.3 is 0 Å². The highest BCUT2D eigenvalue weighted by Crippen LogP contribution is 2.09. The zero-order valence-electron chi connectivity index (χ0n) is 8.38. The number of unbranched alkanes of at least 4 members (excludes halogenated alkanes) is 2. The summed E-state index contributed by atoms with van der Waals surface area (Å²) in [7, 11) is 0. The maximum absolute atomic E-state index is 5.57. The van der Waals surface area contributed by atoms with Crippen molar-refractivity contribution in [1.29, 1.82) is 0 Å². The first-order valence-corrected chi connectivity index (χ1v) is 6.51. The lowest BCUT2D eigenvalue weighted by atomic mass is 10.3. The Kier molecular flexibility index (Phi) is 7.10. The summed E-state index contributed by atoms with van der Waals surface area (Å²) in [5.74, 6) is 0.773. The lowest BCUT2D eigenvalue weighted by Gasteiger charge is -2.02. The Labute approximate surface area is 95.0 Å². The first-order valence-electron chi connectivity index (χ1n) is 5.09. The Morgan fingerprint density at radius 3 is 2.86 bits per heavy atom. The van der Waals surface area contributed by atoms with Gasteiger partial charge in [-0.05, 0) is 30.7 Å². The average molecular weight is 233 g/mol. The smallest absolute Gasteiger partial charge is 0.0514 e. The first-order chi connectivity index (χ1) is 6.93. The normalized spacial score (nSPS) is 10.6. The summed E-state index contributed by atoms with van der Waals surface area (Å²) in [5.41, 5.74) is 0. The molecule has 0 N–H and O–H groups in total. The minimum Gasteiger partial charge on any atom is -0.381 e. The number of alkyl halides is 1. The van der Waals surface area contributed by atoms with Crippen LogP contribution in [0.2, 0.25) is 0 Å². The number of thiophene rings is 1. The maximum Gasteiger partial charge on any atom is 0.0514 e. The van der Waals surface area contributed by atoms with Gasteiger partial charge in [-0.3, -0.25) is 0 Å². The van der Waals surface area contributed by atoms with Crippen molar-refractivity contribution < 1.29 is 4.74 Å². The standard InChI is InChI=1S/C11H17ClOS/c12-7-2-1-3-8-13-9-6-11-5-4-10-14-11/h4-5,10H,1-3,6-9H2. The number of halogens is 1. The molecule has 80 valence electrons. The molecule has 1 heterocycles. The Bertz CT molecular complexity index is 211. The van der Waals surface area contributed by atoms with Crippen LogP contribution in [0, 0.1) is 0 Å². The van der Waals surface area contributed by atoms with E-state index in [9.17, 15) is 0 Å². The van der Waals surface area contributed by atoms with Crippen molar-refractivity contribution in [2.45, 2.75) is 25.7 Å². The van der Waals surface area contributed by atoms with Gasteiger partial charge in [-0.1, -0.05) is 6.07 Å². The highest BCUT2D eigenvalue weighted by atomic mass is 35.5. The van der Waals surface area contributed by atoms with Crippen LogP contribution in [0.1, 0.15) is 24.1 Å². The van der Waals surface area contributed by atoms with E-state index in [0.717, 1.165) is 38.4 Å². The van der Waals surface area contributed by atoms with Gasteiger partial charge in [0.1, 0.15) is 0 Å². The number of rotatable bonds is 8. The van der Waals surface area contributed by atoms with Gasteiger partial charge in [0, 0.05) is 23.8 Å². The van der Waals surface area contributed by atoms with Crippen molar-refractivity contribution in [3.63, 3.8) is 0 Å². The van der Waals surface area contributed by atoms with Crippen LogP contribution in [0.25, 0.3) is 0 Å². The predicted octanol–water partition coefficient (Wildman–Crippen LogP) is 3.72. The zero-order chi connectivity index (χ0) is 10.1. The predicted molar refractivity (Wildman–Crippen MR) is 63.4 cm³/mol. The van der Waals surface area contributed by atoms with E-state index < -0.39 is 0 Å². The molecule has 0 aliphatic heterocycles. The van der Waals surface area contributed by atoms with Gasteiger partial charge in [0.15, 0.2) is 0 Å². The van der Waals surface area contributed by atoms with Gasteiger partial charge in [-0.2, -0.15) is 0 Å². The SMILES string of the molecule is ClCCCCCOCCc1cccs1.